The van der Waals surface area contributed by atoms with Crippen LogP contribution in [0.1, 0.15) is 67.6 Å². The van der Waals surface area contributed by atoms with E-state index >= 15 is 0 Å². The number of hydrogen-bond donors (Lipinski definition) is 2. The lowest BCUT2D eigenvalue weighted by Crippen LogP contribution is -2.46. The van der Waals surface area contributed by atoms with Gasteiger partial charge in [0, 0.05) is 31.8 Å². The standard InChI is InChI=1S/C36H40N2O7/c39-33(40)19-18-26-21-32(35(42)37-20-10-2-5-17-34(41)44-23-25-11-3-1-4-12-25)38(22-26)36(43)45-24-31-29-15-8-6-13-27(29)28-14-7-9-16-30(28)31/h1,3-4,6-9,11-16,26,31-32H,2,5,10,17-24H2,(H,37,42)(H,39,40)/t26-,32?/m1/s1. The summed E-state index contributed by atoms with van der Waals surface area (Å²) < 4.78 is 11.2. The second kappa shape index (κ2) is 15.4. The summed E-state index contributed by atoms with van der Waals surface area (Å²) in [6.45, 7) is 1.08. The van der Waals surface area contributed by atoms with E-state index in [1.165, 1.54) is 4.90 Å². The average Bonchev–Trinajstić information content (AvgIpc) is 3.63. The fourth-order valence-corrected chi connectivity index (χ4v) is 6.30. The molecule has 1 fully saturated rings. The van der Waals surface area contributed by atoms with Crippen molar-refractivity contribution in [2.24, 2.45) is 5.92 Å². The first-order valence-corrected chi connectivity index (χ1v) is 15.7. The Kier molecular flexibility index (Phi) is 10.8. The van der Waals surface area contributed by atoms with Crippen molar-refractivity contribution in [3.63, 3.8) is 0 Å². The third kappa shape index (κ3) is 8.29. The molecular weight excluding hydrogens is 572 g/mol. The zero-order chi connectivity index (χ0) is 31.6. The fraction of sp³-hybridized carbons (Fsp3) is 0.389. The van der Waals surface area contributed by atoms with Crippen LogP contribution in [0.5, 0.6) is 0 Å². The lowest BCUT2D eigenvalue weighted by atomic mass is 9.98. The number of unbranched alkanes of at least 4 members (excludes halogenated alkanes) is 2. The minimum atomic E-state index is -0.903. The molecule has 45 heavy (non-hydrogen) atoms. The quantitative estimate of drug-likeness (QED) is 0.171. The van der Waals surface area contributed by atoms with E-state index in [0.717, 1.165) is 34.2 Å². The molecule has 0 aromatic heterocycles. The zero-order valence-corrected chi connectivity index (χ0v) is 25.4. The van der Waals surface area contributed by atoms with E-state index in [1.807, 2.05) is 54.6 Å². The Balaban J connectivity index is 1.10. The first-order chi connectivity index (χ1) is 21.9. The van der Waals surface area contributed by atoms with Gasteiger partial charge >= 0.3 is 18.0 Å². The van der Waals surface area contributed by atoms with Crippen LogP contribution in [-0.4, -0.2) is 59.7 Å². The van der Waals surface area contributed by atoms with Crippen LogP contribution < -0.4 is 5.32 Å². The third-order valence-electron chi connectivity index (χ3n) is 8.63. The van der Waals surface area contributed by atoms with E-state index < -0.39 is 18.1 Å². The van der Waals surface area contributed by atoms with Crippen molar-refractivity contribution in [2.75, 3.05) is 19.7 Å². The number of carboxylic acids is 1. The summed E-state index contributed by atoms with van der Waals surface area (Å²) in [5.41, 5.74) is 5.41. The van der Waals surface area contributed by atoms with E-state index in [2.05, 4.69) is 29.6 Å². The maximum atomic E-state index is 13.4. The number of amides is 2. The Bertz CT molecular complexity index is 1450. The van der Waals surface area contributed by atoms with Gasteiger partial charge in [-0.15, -0.1) is 0 Å². The molecule has 5 rings (SSSR count). The zero-order valence-electron chi connectivity index (χ0n) is 25.4. The molecule has 0 radical (unpaired) electrons. The Morgan fingerprint density at radius 2 is 1.47 bits per heavy atom. The minimum absolute atomic E-state index is 0.0225. The monoisotopic (exact) mass is 612 g/mol. The van der Waals surface area contributed by atoms with Crippen LogP contribution in [0.4, 0.5) is 4.79 Å². The molecule has 1 saturated heterocycles. The molecule has 9 heteroatoms. The van der Waals surface area contributed by atoms with Crippen LogP contribution >= 0.6 is 0 Å². The second-order valence-electron chi connectivity index (χ2n) is 11.8. The molecule has 2 amide bonds. The number of hydrogen-bond acceptors (Lipinski definition) is 6. The van der Waals surface area contributed by atoms with Crippen molar-refractivity contribution in [1.82, 2.24) is 10.2 Å². The summed E-state index contributed by atoms with van der Waals surface area (Å²) >= 11 is 0. The fourth-order valence-electron chi connectivity index (χ4n) is 6.30. The largest absolute Gasteiger partial charge is 0.481 e. The topological polar surface area (TPSA) is 122 Å². The van der Waals surface area contributed by atoms with Gasteiger partial charge in [-0.1, -0.05) is 85.3 Å². The predicted molar refractivity (Wildman–Crippen MR) is 168 cm³/mol. The normalized spacial score (nSPS) is 16.9. The molecule has 0 saturated carbocycles. The molecule has 3 aromatic rings. The molecule has 236 valence electrons. The van der Waals surface area contributed by atoms with Gasteiger partial charge in [-0.2, -0.15) is 0 Å². The number of nitrogens with one attached hydrogen (secondary N) is 1. The number of carboxylic acid groups (broad SMARTS) is 1. The van der Waals surface area contributed by atoms with E-state index in [-0.39, 0.29) is 49.9 Å². The lowest BCUT2D eigenvalue weighted by molar-refractivity contribution is -0.145. The SMILES string of the molecule is O=C(O)CC[C@@H]1CC(C(=O)NCCCCCC(=O)OCc2ccccc2)N(C(=O)OCC2c3ccccc3-c3ccccc32)C1. The number of benzene rings is 3. The molecule has 3 aromatic carbocycles. The highest BCUT2D eigenvalue weighted by molar-refractivity contribution is 5.86. The van der Waals surface area contributed by atoms with Gasteiger partial charge in [0.1, 0.15) is 19.3 Å². The van der Waals surface area contributed by atoms with Crippen LogP contribution in [0.15, 0.2) is 78.9 Å². The average molecular weight is 613 g/mol. The van der Waals surface area contributed by atoms with E-state index in [9.17, 15) is 24.3 Å². The van der Waals surface area contributed by atoms with Crippen LogP contribution in [0, 0.1) is 5.92 Å². The van der Waals surface area contributed by atoms with Gasteiger partial charge in [0.2, 0.25) is 5.91 Å². The summed E-state index contributed by atoms with van der Waals surface area (Å²) in [6.07, 6.45) is 2.55. The van der Waals surface area contributed by atoms with Crippen molar-refractivity contribution in [2.45, 2.75) is 63.5 Å². The Labute approximate surface area is 263 Å². The molecule has 2 aliphatic rings. The Hall–Kier alpha value is -4.66. The van der Waals surface area contributed by atoms with Gasteiger partial charge in [-0.05, 0) is 59.4 Å². The number of esters is 1. The molecule has 1 aliphatic carbocycles. The van der Waals surface area contributed by atoms with E-state index in [4.69, 9.17) is 9.47 Å². The molecule has 1 unspecified atom stereocenters. The van der Waals surface area contributed by atoms with Crippen molar-refractivity contribution in [3.05, 3.63) is 95.6 Å². The van der Waals surface area contributed by atoms with Crippen LogP contribution in [0.3, 0.4) is 0 Å². The maximum absolute atomic E-state index is 13.4. The number of nitrogens with zero attached hydrogens (tertiary/aromatic N) is 1. The van der Waals surface area contributed by atoms with Crippen LogP contribution in [0.2, 0.25) is 0 Å². The Morgan fingerprint density at radius 3 is 2.16 bits per heavy atom. The van der Waals surface area contributed by atoms with Gasteiger partial charge in [0.05, 0.1) is 0 Å². The number of likely N-dealkylation sites (tertiary alicyclic amines) is 1. The number of carbonyl (C=O) groups excluding carboxylic acids is 3. The summed E-state index contributed by atoms with van der Waals surface area (Å²) in [4.78, 5) is 51.3. The van der Waals surface area contributed by atoms with Crippen molar-refractivity contribution >= 4 is 23.9 Å². The predicted octanol–water partition coefficient (Wildman–Crippen LogP) is 5.91. The van der Waals surface area contributed by atoms with Gasteiger partial charge in [-0.25, -0.2) is 4.79 Å². The number of rotatable bonds is 14. The van der Waals surface area contributed by atoms with Crippen molar-refractivity contribution < 1.29 is 33.8 Å². The highest BCUT2D eigenvalue weighted by Gasteiger charge is 2.41. The molecule has 0 bridgehead atoms. The second-order valence-corrected chi connectivity index (χ2v) is 11.8. The van der Waals surface area contributed by atoms with Crippen molar-refractivity contribution in [3.8, 4) is 11.1 Å². The number of ether oxygens (including phenoxy) is 2. The summed E-state index contributed by atoms with van der Waals surface area (Å²) in [5.74, 6) is -1.64. The Morgan fingerprint density at radius 1 is 0.800 bits per heavy atom. The first-order valence-electron chi connectivity index (χ1n) is 15.7. The maximum Gasteiger partial charge on any atom is 0.410 e. The van der Waals surface area contributed by atoms with Gasteiger partial charge in [0.15, 0.2) is 0 Å². The minimum Gasteiger partial charge on any atom is -0.481 e. The third-order valence-corrected chi connectivity index (χ3v) is 8.63. The van der Waals surface area contributed by atoms with E-state index in [1.54, 1.807) is 0 Å². The van der Waals surface area contributed by atoms with Gasteiger partial charge in [0.25, 0.3) is 0 Å². The van der Waals surface area contributed by atoms with Gasteiger partial charge < -0.3 is 19.9 Å². The van der Waals surface area contributed by atoms with Crippen molar-refractivity contribution in [1.29, 1.82) is 0 Å². The number of aliphatic carboxylic acids is 1. The van der Waals surface area contributed by atoms with E-state index in [0.29, 0.717) is 38.6 Å². The lowest BCUT2D eigenvalue weighted by Gasteiger charge is -2.24. The smallest absolute Gasteiger partial charge is 0.410 e. The van der Waals surface area contributed by atoms with Crippen LogP contribution in [-0.2, 0) is 30.5 Å². The summed E-state index contributed by atoms with van der Waals surface area (Å²) in [6, 6.07) is 25.0. The molecule has 0 spiro atoms. The highest BCUT2D eigenvalue weighted by atomic mass is 16.6. The molecule has 2 atom stereocenters. The van der Waals surface area contributed by atoms with Crippen LogP contribution in [0.25, 0.3) is 11.1 Å². The number of fused-ring (bicyclic) bond motifs is 3. The van der Waals surface area contributed by atoms with Gasteiger partial charge in [-0.3, -0.25) is 19.3 Å². The number of carbonyl (C=O) groups is 4. The molecule has 2 N–H and O–H groups in total. The summed E-state index contributed by atoms with van der Waals surface area (Å²) in [7, 11) is 0. The molecule has 1 aliphatic heterocycles. The molecular formula is C36H40N2O7. The highest BCUT2D eigenvalue weighted by Crippen LogP contribution is 2.44. The molecule has 9 nitrogen and oxygen atoms in total. The molecule has 1 heterocycles. The first kappa shape index (κ1) is 31.8. The summed E-state index contributed by atoms with van der Waals surface area (Å²) in [5, 5.41) is 12.1.